The Morgan fingerprint density at radius 3 is 2.40 bits per heavy atom. The largest absolute Gasteiger partial charge is 0.367 e. The Morgan fingerprint density at radius 1 is 1.40 bits per heavy atom. The van der Waals surface area contributed by atoms with E-state index in [9.17, 15) is 0 Å². The fourth-order valence-corrected chi connectivity index (χ4v) is 0.729. The molecule has 1 unspecified atom stereocenters. The lowest BCUT2D eigenvalue weighted by Crippen LogP contribution is -2.36. The average molecular weight is 139 g/mol. The van der Waals surface area contributed by atoms with Crippen LogP contribution in [-0.2, 0) is 0 Å². The van der Waals surface area contributed by atoms with Gasteiger partial charge >= 0.3 is 0 Å². The summed E-state index contributed by atoms with van der Waals surface area (Å²) < 4.78 is 0. The summed E-state index contributed by atoms with van der Waals surface area (Å²) in [5, 5.41) is 11.0. The Kier molecular flexibility index (Phi) is 1.74. The second kappa shape index (κ2) is 2.40. The van der Waals surface area contributed by atoms with Crippen molar-refractivity contribution in [2.45, 2.75) is 26.9 Å². The first-order valence-electron chi connectivity index (χ1n) is 3.42. The molecule has 1 N–H and O–H groups in total. The van der Waals surface area contributed by atoms with Crippen LogP contribution in [0.5, 0.6) is 0 Å². The fourth-order valence-electron chi connectivity index (χ4n) is 0.729. The highest BCUT2D eigenvalue weighted by Gasteiger charge is 2.23. The van der Waals surface area contributed by atoms with Gasteiger partial charge in [-0.25, -0.2) is 0 Å². The highest BCUT2D eigenvalue weighted by molar-refractivity contribution is 4.89. The highest BCUT2D eigenvalue weighted by Crippen LogP contribution is 2.21. The van der Waals surface area contributed by atoms with Gasteiger partial charge in [-0.2, -0.15) is 10.2 Å². The van der Waals surface area contributed by atoms with Crippen LogP contribution in [0.2, 0.25) is 0 Å². The molecule has 0 fully saturated rings. The van der Waals surface area contributed by atoms with Crippen molar-refractivity contribution in [3.05, 3.63) is 12.4 Å². The monoisotopic (exact) mass is 139 g/mol. The van der Waals surface area contributed by atoms with Gasteiger partial charge in [0.25, 0.3) is 0 Å². The van der Waals surface area contributed by atoms with E-state index in [1.165, 1.54) is 0 Å². The third-order valence-electron chi connectivity index (χ3n) is 1.40. The molecule has 0 spiro atoms. The van der Waals surface area contributed by atoms with E-state index in [0.717, 1.165) is 0 Å². The summed E-state index contributed by atoms with van der Waals surface area (Å²) in [5.41, 5.74) is 0.147. The van der Waals surface area contributed by atoms with Gasteiger partial charge in [-0.3, -0.25) is 0 Å². The van der Waals surface area contributed by atoms with Crippen molar-refractivity contribution >= 4 is 0 Å². The van der Waals surface area contributed by atoms with Crippen LogP contribution in [0.15, 0.2) is 22.6 Å². The molecule has 0 saturated heterocycles. The molecule has 0 aliphatic carbocycles. The molecule has 1 aliphatic heterocycles. The van der Waals surface area contributed by atoms with Crippen LogP contribution in [0, 0.1) is 5.41 Å². The van der Waals surface area contributed by atoms with Crippen LogP contribution in [0.25, 0.3) is 0 Å². The van der Waals surface area contributed by atoms with Crippen LogP contribution in [-0.4, -0.2) is 6.17 Å². The summed E-state index contributed by atoms with van der Waals surface area (Å²) in [4.78, 5) is 0. The van der Waals surface area contributed by atoms with Crippen LogP contribution in [0.3, 0.4) is 0 Å². The van der Waals surface area contributed by atoms with Gasteiger partial charge in [-0.05, 0) is 0 Å². The van der Waals surface area contributed by atoms with Gasteiger partial charge in [-0.15, -0.1) is 0 Å². The maximum absolute atomic E-state index is 4.03. The molecule has 1 heterocycles. The molecule has 1 rings (SSSR count). The lowest BCUT2D eigenvalue weighted by atomic mass is 9.93. The van der Waals surface area contributed by atoms with E-state index in [2.05, 4.69) is 36.3 Å². The fraction of sp³-hybridized carbons (Fsp3) is 0.714. The van der Waals surface area contributed by atoms with E-state index >= 15 is 0 Å². The first-order chi connectivity index (χ1) is 4.61. The minimum Gasteiger partial charge on any atom is -0.367 e. The van der Waals surface area contributed by atoms with Crippen molar-refractivity contribution in [1.82, 2.24) is 5.32 Å². The third-order valence-corrected chi connectivity index (χ3v) is 1.40. The van der Waals surface area contributed by atoms with E-state index in [1.54, 1.807) is 6.20 Å². The first kappa shape index (κ1) is 7.25. The SMILES string of the molecule is CC(C)(C)C1N=NC=CN1. The highest BCUT2D eigenvalue weighted by atomic mass is 15.2. The molecule has 0 aromatic carbocycles. The van der Waals surface area contributed by atoms with Crippen LogP contribution in [0.1, 0.15) is 20.8 Å². The van der Waals surface area contributed by atoms with Gasteiger partial charge in [0.15, 0.2) is 0 Å². The number of hydrogen-bond donors (Lipinski definition) is 1. The van der Waals surface area contributed by atoms with E-state index in [0.29, 0.717) is 0 Å². The smallest absolute Gasteiger partial charge is 0.144 e. The summed E-state index contributed by atoms with van der Waals surface area (Å²) in [6.45, 7) is 6.38. The van der Waals surface area contributed by atoms with Crippen molar-refractivity contribution in [3.63, 3.8) is 0 Å². The number of hydrogen-bond acceptors (Lipinski definition) is 3. The Bertz CT molecular complexity index is 164. The van der Waals surface area contributed by atoms with E-state index in [1.807, 2.05) is 6.20 Å². The van der Waals surface area contributed by atoms with Crippen LogP contribution < -0.4 is 5.32 Å². The molecule has 0 saturated carbocycles. The van der Waals surface area contributed by atoms with E-state index < -0.39 is 0 Å². The van der Waals surface area contributed by atoms with Crippen molar-refractivity contribution in [3.8, 4) is 0 Å². The standard InChI is InChI=1S/C7H13N3/c1-7(2,3)6-8-4-5-9-10-6/h4-6,8H,1-3H3. The van der Waals surface area contributed by atoms with Crippen LogP contribution >= 0.6 is 0 Å². The summed E-state index contributed by atoms with van der Waals surface area (Å²) in [6, 6.07) is 0. The maximum atomic E-state index is 4.03. The second-order valence-corrected chi connectivity index (χ2v) is 3.48. The second-order valence-electron chi connectivity index (χ2n) is 3.48. The summed E-state index contributed by atoms with van der Waals surface area (Å²) in [7, 11) is 0. The summed E-state index contributed by atoms with van der Waals surface area (Å²) in [6.07, 6.45) is 3.60. The molecule has 0 bridgehead atoms. The number of azo groups is 1. The quantitative estimate of drug-likeness (QED) is 0.546. The van der Waals surface area contributed by atoms with Gasteiger partial charge < -0.3 is 5.32 Å². The average Bonchev–Trinajstić information content (AvgIpc) is 1.88. The molecule has 1 atom stereocenters. The lowest BCUT2D eigenvalue weighted by Gasteiger charge is -2.27. The first-order valence-corrected chi connectivity index (χ1v) is 3.42. The van der Waals surface area contributed by atoms with E-state index in [4.69, 9.17) is 0 Å². The predicted octanol–water partition coefficient (Wildman–Crippen LogP) is 1.89. The zero-order chi connectivity index (χ0) is 7.61. The normalized spacial score (nSPS) is 24.5. The van der Waals surface area contributed by atoms with Crippen molar-refractivity contribution in [1.29, 1.82) is 0 Å². The molecule has 3 nitrogen and oxygen atoms in total. The van der Waals surface area contributed by atoms with Crippen molar-refractivity contribution in [2.75, 3.05) is 0 Å². The lowest BCUT2D eigenvalue weighted by molar-refractivity contribution is 0.285. The zero-order valence-electron chi connectivity index (χ0n) is 6.63. The third kappa shape index (κ3) is 1.56. The predicted molar refractivity (Wildman–Crippen MR) is 40.4 cm³/mol. The Labute approximate surface area is 61.2 Å². The van der Waals surface area contributed by atoms with Crippen molar-refractivity contribution in [2.24, 2.45) is 15.6 Å². The molecule has 0 aromatic heterocycles. The Balaban J connectivity index is 2.60. The molecule has 0 amide bonds. The summed E-state index contributed by atoms with van der Waals surface area (Å²) >= 11 is 0. The molecule has 1 aliphatic rings. The van der Waals surface area contributed by atoms with Crippen molar-refractivity contribution < 1.29 is 0 Å². The minimum absolute atomic E-state index is 0.123. The Hall–Kier alpha value is -0.860. The maximum Gasteiger partial charge on any atom is 0.144 e. The number of rotatable bonds is 0. The molecular formula is C7H13N3. The van der Waals surface area contributed by atoms with Gasteiger partial charge in [0, 0.05) is 11.6 Å². The van der Waals surface area contributed by atoms with Gasteiger partial charge in [0.2, 0.25) is 0 Å². The summed E-state index contributed by atoms with van der Waals surface area (Å²) in [5.74, 6) is 0. The molecule has 0 aromatic rings. The van der Waals surface area contributed by atoms with E-state index in [-0.39, 0.29) is 11.6 Å². The molecule has 0 radical (unpaired) electrons. The molecule has 3 heteroatoms. The minimum atomic E-state index is 0.123. The topological polar surface area (TPSA) is 36.8 Å². The number of nitrogens with zero attached hydrogens (tertiary/aromatic N) is 2. The molecule has 56 valence electrons. The molecular weight excluding hydrogens is 126 g/mol. The number of nitrogens with one attached hydrogen (secondary N) is 1. The van der Waals surface area contributed by atoms with Crippen LogP contribution in [0.4, 0.5) is 0 Å². The zero-order valence-corrected chi connectivity index (χ0v) is 6.63. The molecule has 10 heavy (non-hydrogen) atoms. The Morgan fingerprint density at radius 2 is 2.10 bits per heavy atom. The van der Waals surface area contributed by atoms with Gasteiger partial charge in [0.05, 0.1) is 6.20 Å². The van der Waals surface area contributed by atoms with Gasteiger partial charge in [-0.1, -0.05) is 20.8 Å². The van der Waals surface area contributed by atoms with Gasteiger partial charge in [0.1, 0.15) is 6.17 Å².